The Bertz CT molecular complexity index is 815. The fraction of sp³-hybridized carbons (Fsp3) is 0.154. The minimum Gasteiger partial charge on any atom is -0.350 e. The van der Waals surface area contributed by atoms with Crippen LogP contribution in [0.15, 0.2) is 36.5 Å². The van der Waals surface area contributed by atoms with Crippen molar-refractivity contribution in [1.82, 2.24) is 20.0 Å². The molecule has 0 saturated carbocycles. The number of rotatable bonds is 3. The molecule has 2 heterocycles. The van der Waals surface area contributed by atoms with Crippen LogP contribution in [0.4, 0.5) is 19.0 Å². The smallest absolute Gasteiger partial charge is 0.350 e. The maximum absolute atomic E-state index is 12.5. The molecule has 2 aromatic heterocycles. The van der Waals surface area contributed by atoms with Gasteiger partial charge in [0.05, 0.1) is 16.1 Å². The second-order valence-corrected chi connectivity index (χ2v) is 4.87. The van der Waals surface area contributed by atoms with Crippen molar-refractivity contribution in [3.8, 4) is 0 Å². The van der Waals surface area contributed by atoms with Gasteiger partial charge in [-0.1, -0.05) is 28.9 Å². The van der Waals surface area contributed by atoms with E-state index in [1.54, 1.807) is 4.68 Å². The Morgan fingerprint density at radius 2 is 2.00 bits per heavy atom. The van der Waals surface area contributed by atoms with Gasteiger partial charge in [-0.15, -0.1) is 5.10 Å². The zero-order valence-corrected chi connectivity index (χ0v) is 11.7. The molecule has 0 fully saturated rings. The quantitative estimate of drug-likeness (QED) is 0.799. The standard InChI is InChI=1S/C13H9ClF3N5/c14-9-5-8(13(15,16)17)6-18-12(9)19-7-22-11-4-2-1-3-10(11)20-21-22/h1-6H,7H2,(H,18,19). The molecule has 114 valence electrons. The van der Waals surface area contributed by atoms with E-state index in [2.05, 4.69) is 20.6 Å². The third-order valence-electron chi connectivity index (χ3n) is 2.99. The van der Waals surface area contributed by atoms with Crippen molar-refractivity contribution in [3.05, 3.63) is 47.1 Å². The van der Waals surface area contributed by atoms with Crippen LogP contribution in [0.1, 0.15) is 5.56 Å². The molecule has 1 N–H and O–H groups in total. The van der Waals surface area contributed by atoms with Gasteiger partial charge in [-0.3, -0.25) is 0 Å². The van der Waals surface area contributed by atoms with Crippen molar-refractivity contribution >= 4 is 28.5 Å². The molecule has 0 saturated heterocycles. The Morgan fingerprint density at radius 3 is 2.73 bits per heavy atom. The summed E-state index contributed by atoms with van der Waals surface area (Å²) in [4.78, 5) is 3.70. The van der Waals surface area contributed by atoms with Gasteiger partial charge in [0, 0.05) is 6.20 Å². The molecule has 0 unspecified atom stereocenters. The fourth-order valence-corrected chi connectivity index (χ4v) is 2.14. The highest BCUT2D eigenvalue weighted by atomic mass is 35.5. The molecule has 3 aromatic rings. The molecule has 0 spiro atoms. The lowest BCUT2D eigenvalue weighted by Gasteiger charge is -2.11. The first-order chi connectivity index (χ1) is 10.4. The molecule has 9 heteroatoms. The number of pyridine rings is 1. The molecule has 0 aliphatic heterocycles. The number of halogens is 4. The lowest BCUT2D eigenvalue weighted by atomic mass is 10.3. The Balaban J connectivity index is 1.79. The highest BCUT2D eigenvalue weighted by molar-refractivity contribution is 6.32. The van der Waals surface area contributed by atoms with Gasteiger partial charge in [-0.25, -0.2) is 9.67 Å². The van der Waals surface area contributed by atoms with E-state index < -0.39 is 11.7 Å². The predicted octanol–water partition coefficient (Wildman–Crippen LogP) is 3.57. The summed E-state index contributed by atoms with van der Waals surface area (Å²) in [5.41, 5.74) is 0.614. The van der Waals surface area contributed by atoms with Crippen LogP contribution in [-0.4, -0.2) is 20.0 Å². The Hall–Kier alpha value is -2.35. The first-order valence-electron chi connectivity index (χ1n) is 6.20. The van der Waals surface area contributed by atoms with Crippen molar-refractivity contribution in [2.45, 2.75) is 12.8 Å². The lowest BCUT2D eigenvalue weighted by molar-refractivity contribution is -0.137. The van der Waals surface area contributed by atoms with E-state index in [4.69, 9.17) is 11.6 Å². The highest BCUT2D eigenvalue weighted by Crippen LogP contribution is 2.32. The number of alkyl halides is 3. The number of anilines is 1. The number of benzene rings is 1. The molecular formula is C13H9ClF3N5. The molecule has 0 aliphatic carbocycles. The Labute approximate surface area is 127 Å². The first kappa shape index (κ1) is 14.6. The molecule has 0 amide bonds. The van der Waals surface area contributed by atoms with Crippen molar-refractivity contribution in [1.29, 1.82) is 0 Å². The van der Waals surface area contributed by atoms with Gasteiger partial charge in [0.25, 0.3) is 0 Å². The van der Waals surface area contributed by atoms with E-state index in [1.165, 1.54) is 0 Å². The SMILES string of the molecule is FC(F)(F)c1cnc(NCn2nnc3ccccc32)c(Cl)c1. The molecule has 22 heavy (non-hydrogen) atoms. The minimum atomic E-state index is -4.47. The summed E-state index contributed by atoms with van der Waals surface area (Å²) in [6.07, 6.45) is -3.75. The van der Waals surface area contributed by atoms with Gasteiger partial charge in [-0.2, -0.15) is 13.2 Å². The van der Waals surface area contributed by atoms with E-state index in [-0.39, 0.29) is 17.5 Å². The van der Waals surface area contributed by atoms with E-state index in [0.717, 1.165) is 23.3 Å². The Morgan fingerprint density at radius 1 is 1.23 bits per heavy atom. The molecule has 0 radical (unpaired) electrons. The van der Waals surface area contributed by atoms with Crippen molar-refractivity contribution < 1.29 is 13.2 Å². The molecule has 1 aromatic carbocycles. The second-order valence-electron chi connectivity index (χ2n) is 4.46. The average Bonchev–Trinajstić information content (AvgIpc) is 2.88. The first-order valence-corrected chi connectivity index (χ1v) is 6.58. The van der Waals surface area contributed by atoms with Crippen LogP contribution in [0.2, 0.25) is 5.02 Å². The molecule has 5 nitrogen and oxygen atoms in total. The summed E-state index contributed by atoms with van der Waals surface area (Å²) in [5.74, 6) is 0.147. The fourth-order valence-electron chi connectivity index (χ4n) is 1.91. The summed E-state index contributed by atoms with van der Waals surface area (Å²) in [6, 6.07) is 8.14. The summed E-state index contributed by atoms with van der Waals surface area (Å²) in [5, 5.41) is 10.6. The van der Waals surface area contributed by atoms with Crippen LogP contribution in [0, 0.1) is 0 Å². The van der Waals surface area contributed by atoms with E-state index in [9.17, 15) is 13.2 Å². The van der Waals surface area contributed by atoms with Crippen LogP contribution in [0.3, 0.4) is 0 Å². The van der Waals surface area contributed by atoms with Crippen LogP contribution >= 0.6 is 11.6 Å². The third-order valence-corrected chi connectivity index (χ3v) is 3.27. The van der Waals surface area contributed by atoms with Gasteiger partial charge < -0.3 is 5.32 Å². The van der Waals surface area contributed by atoms with Crippen LogP contribution < -0.4 is 5.32 Å². The van der Waals surface area contributed by atoms with Crippen molar-refractivity contribution in [2.24, 2.45) is 0 Å². The van der Waals surface area contributed by atoms with Crippen molar-refractivity contribution in [3.63, 3.8) is 0 Å². The third kappa shape index (κ3) is 2.82. The maximum Gasteiger partial charge on any atom is 0.417 e. The number of aromatic nitrogens is 4. The molecular weight excluding hydrogens is 319 g/mol. The van der Waals surface area contributed by atoms with E-state index in [0.29, 0.717) is 0 Å². The topological polar surface area (TPSA) is 55.6 Å². The molecule has 0 bridgehead atoms. The van der Waals surface area contributed by atoms with Crippen LogP contribution in [0.25, 0.3) is 11.0 Å². The number of hydrogen-bond acceptors (Lipinski definition) is 4. The van der Waals surface area contributed by atoms with Gasteiger partial charge in [0.15, 0.2) is 0 Å². The largest absolute Gasteiger partial charge is 0.417 e. The van der Waals surface area contributed by atoms with Crippen molar-refractivity contribution in [2.75, 3.05) is 5.32 Å². The normalized spacial score (nSPS) is 11.8. The van der Waals surface area contributed by atoms with Gasteiger partial charge in [0.2, 0.25) is 0 Å². The predicted molar refractivity (Wildman–Crippen MR) is 75.4 cm³/mol. The number of para-hydroxylation sites is 1. The zero-order chi connectivity index (χ0) is 15.7. The molecule has 0 aliphatic rings. The zero-order valence-electron chi connectivity index (χ0n) is 11.0. The minimum absolute atomic E-state index is 0.112. The van der Waals surface area contributed by atoms with E-state index >= 15 is 0 Å². The Kier molecular flexibility index (Phi) is 3.61. The van der Waals surface area contributed by atoms with E-state index in [1.807, 2.05) is 24.3 Å². The van der Waals surface area contributed by atoms with Crippen LogP contribution in [-0.2, 0) is 12.8 Å². The summed E-state index contributed by atoms with van der Waals surface area (Å²) < 4.78 is 39.2. The van der Waals surface area contributed by atoms with Gasteiger partial charge in [-0.05, 0) is 18.2 Å². The highest BCUT2D eigenvalue weighted by Gasteiger charge is 2.31. The monoisotopic (exact) mass is 327 g/mol. The molecule has 3 rings (SSSR count). The summed E-state index contributed by atoms with van der Waals surface area (Å²) in [7, 11) is 0. The maximum atomic E-state index is 12.5. The number of hydrogen-bond donors (Lipinski definition) is 1. The van der Waals surface area contributed by atoms with Crippen LogP contribution in [0.5, 0.6) is 0 Å². The number of nitrogens with one attached hydrogen (secondary N) is 1. The average molecular weight is 328 g/mol. The number of nitrogens with zero attached hydrogens (tertiary/aromatic N) is 4. The van der Waals surface area contributed by atoms with Gasteiger partial charge >= 0.3 is 6.18 Å². The van der Waals surface area contributed by atoms with Gasteiger partial charge in [0.1, 0.15) is 18.0 Å². The molecule has 0 atom stereocenters. The summed E-state index contributed by atoms with van der Waals surface area (Å²) in [6.45, 7) is 0.179. The number of fused-ring (bicyclic) bond motifs is 1. The summed E-state index contributed by atoms with van der Waals surface area (Å²) >= 11 is 5.82. The lowest BCUT2D eigenvalue weighted by Crippen LogP contribution is -2.12. The second kappa shape index (κ2) is 5.45.